The van der Waals surface area contributed by atoms with Crippen molar-refractivity contribution in [3.63, 3.8) is 0 Å². The van der Waals surface area contributed by atoms with Crippen LogP contribution < -0.4 is 34.4 Å². The maximum absolute atomic E-state index is 5.75. The van der Waals surface area contributed by atoms with Crippen LogP contribution in [0.5, 0.6) is 0 Å². The van der Waals surface area contributed by atoms with E-state index in [1.165, 1.54) is 520 Å². The molecule has 0 spiro atoms. The smallest absolute Gasteiger partial charge is 0.00773 e. The van der Waals surface area contributed by atoms with Gasteiger partial charge in [0.15, 0.2) is 0 Å². The predicted octanol–water partition coefficient (Wildman–Crippen LogP) is 35.8. The summed E-state index contributed by atoms with van der Waals surface area (Å²) in [7, 11) is 0. The summed E-state index contributed by atoms with van der Waals surface area (Å²) in [5.74, 6) is 9.04. The molecule has 0 saturated carbocycles. The molecule has 0 aliphatic heterocycles. The van der Waals surface area contributed by atoms with Crippen LogP contribution in [-0.4, -0.2) is 39.3 Å². The Morgan fingerprint density at radius 3 is 0.992 bits per heavy atom. The summed E-state index contributed by atoms with van der Waals surface area (Å²) in [6, 6.07) is 0. The fourth-order valence-corrected chi connectivity index (χ4v) is 21.8. The van der Waals surface area contributed by atoms with Crippen LogP contribution in [0.25, 0.3) is 0 Å². The molecule has 121 heavy (non-hydrogen) atoms. The fraction of sp³-hybridized carbons (Fsp3) is 0.913. The summed E-state index contributed by atoms with van der Waals surface area (Å²) < 4.78 is 0. The van der Waals surface area contributed by atoms with Gasteiger partial charge < -0.3 is 34.4 Å². The highest BCUT2D eigenvalue weighted by molar-refractivity contribution is 5.25. The molecule has 0 bridgehead atoms. The minimum atomic E-state index is 0.769. The van der Waals surface area contributed by atoms with Crippen molar-refractivity contribution in [2.75, 3.05) is 39.3 Å². The van der Waals surface area contributed by atoms with Crippen LogP contribution in [0.2, 0.25) is 0 Å². The van der Waals surface area contributed by atoms with Crippen LogP contribution in [0.1, 0.15) is 569 Å². The molecule has 0 radical (unpaired) electrons. The molecular weight excluding hydrogens is 1470 g/mol. The van der Waals surface area contributed by atoms with E-state index in [1.807, 2.05) is 11.1 Å². The van der Waals surface area contributed by atoms with Crippen molar-refractivity contribution in [3.05, 3.63) is 59.8 Å². The molecule has 11 atom stereocenters. The molecule has 0 aromatic rings. The standard InChI is InChI=1S/C41H78N2.C37H72N2.C37H76N2/c1-4-7-18-25-35-30-31-40-38(28-22-15-11-13-17-24-33-43)36(26-21-14-10-12-16-23-32-42)34-37(27-19-8-5-2)41(40)39(35)29-20-9-6-3;1-3-5-7-15-22-28-36-34(26-20-6-4-2)30-31-35(27-21-16-11-8-9-13-18-24-32-38)37(36)29-23-17-12-10-14-19-25-33-39;1-3-5-7-9-13-19-25-31-37(33-27-21-15-12-17-23-29-35-39)36(30-24-18-10-8-6-4-2)32-26-20-14-11-16-22-28-34-38/h30-31,34-36,38-41H,4-29,32-33,42-43H2,1-3H3;22,28,30-31,34-37H,3-21,23-27,29,32-33,38-39H2,1-2H3;31,36H,3-30,32-35,38-39H2,1-2H3. The molecule has 11 unspecified atom stereocenters. The minimum absolute atomic E-state index is 0.769. The Kier molecular flexibility index (Phi) is 90.4. The number of nitrogens with two attached hydrogens (primary N) is 6. The molecule has 3 aliphatic rings. The average Bonchev–Trinajstić information content (AvgIpc) is 0.757. The zero-order valence-electron chi connectivity index (χ0n) is 84.0. The van der Waals surface area contributed by atoms with Crippen molar-refractivity contribution in [2.24, 2.45) is 99.5 Å². The molecule has 0 aromatic carbocycles. The first-order valence-electron chi connectivity index (χ1n) is 56.4. The second-order valence-corrected chi connectivity index (χ2v) is 40.2. The highest BCUT2D eigenvalue weighted by Crippen LogP contribution is 2.54. The van der Waals surface area contributed by atoms with E-state index in [4.69, 9.17) is 34.4 Å². The summed E-state index contributed by atoms with van der Waals surface area (Å²) in [4.78, 5) is 0. The number of rotatable bonds is 89. The van der Waals surface area contributed by atoms with Gasteiger partial charge in [0.05, 0.1) is 0 Å². The van der Waals surface area contributed by atoms with Crippen molar-refractivity contribution in [1.82, 2.24) is 0 Å². The van der Waals surface area contributed by atoms with E-state index >= 15 is 0 Å². The minimum Gasteiger partial charge on any atom is -0.330 e. The SMILES string of the molecule is CCCCCC1=CC(CCCCCCCCN)C(CCCCCCCCN)C2C=CC(CCCCC)C(CCCCC)C12.CCCCCC=CC1C(CCCCC)C=CC(CCCCCCCCCCN)C1CCCCCCCCCN.CCCCCCCCC=C(CCCCCCCCCN)C(CCCCCCCC)CCCCCCCCCN. The molecule has 0 fully saturated rings. The van der Waals surface area contributed by atoms with E-state index in [0.29, 0.717) is 0 Å². The van der Waals surface area contributed by atoms with Crippen molar-refractivity contribution < 1.29 is 0 Å². The molecule has 6 heteroatoms. The topological polar surface area (TPSA) is 156 Å². The zero-order chi connectivity index (χ0) is 87.7. The van der Waals surface area contributed by atoms with Gasteiger partial charge in [0.25, 0.3) is 0 Å². The van der Waals surface area contributed by atoms with E-state index in [9.17, 15) is 0 Å². The molecule has 3 aliphatic carbocycles. The zero-order valence-corrected chi connectivity index (χ0v) is 84.0. The van der Waals surface area contributed by atoms with Gasteiger partial charge in [0.1, 0.15) is 0 Å². The molecule has 0 heterocycles. The van der Waals surface area contributed by atoms with Crippen molar-refractivity contribution in [1.29, 1.82) is 0 Å². The molecular formula is C115H226N6. The van der Waals surface area contributed by atoms with Gasteiger partial charge in [0.2, 0.25) is 0 Å². The summed E-state index contributed by atoms with van der Waals surface area (Å²) in [5, 5.41) is 0. The van der Waals surface area contributed by atoms with Crippen LogP contribution in [0, 0.1) is 65.1 Å². The highest BCUT2D eigenvalue weighted by atomic mass is 14.5. The molecule has 716 valence electrons. The molecule has 0 saturated heterocycles. The second kappa shape index (κ2) is 93.1. The lowest BCUT2D eigenvalue weighted by atomic mass is 9.55. The first-order chi connectivity index (χ1) is 59.8. The van der Waals surface area contributed by atoms with E-state index in [1.54, 1.807) is 0 Å². The van der Waals surface area contributed by atoms with Gasteiger partial charge in [-0.15, -0.1) is 0 Å². The third-order valence-corrected chi connectivity index (χ3v) is 29.4. The van der Waals surface area contributed by atoms with Gasteiger partial charge in [-0.2, -0.15) is 0 Å². The summed E-state index contributed by atoms with van der Waals surface area (Å²) >= 11 is 0. The van der Waals surface area contributed by atoms with Crippen LogP contribution >= 0.6 is 0 Å². The Morgan fingerprint density at radius 2 is 0.554 bits per heavy atom. The van der Waals surface area contributed by atoms with Gasteiger partial charge in [-0.25, -0.2) is 0 Å². The van der Waals surface area contributed by atoms with Gasteiger partial charge in [-0.3, -0.25) is 0 Å². The predicted molar refractivity (Wildman–Crippen MR) is 550 cm³/mol. The maximum Gasteiger partial charge on any atom is -0.00773 e. The van der Waals surface area contributed by atoms with Gasteiger partial charge in [-0.05, 0) is 252 Å². The number of hydrogen-bond acceptors (Lipinski definition) is 6. The van der Waals surface area contributed by atoms with Gasteiger partial charge in [0, 0.05) is 0 Å². The van der Waals surface area contributed by atoms with Crippen LogP contribution in [0.4, 0.5) is 0 Å². The first-order valence-corrected chi connectivity index (χ1v) is 56.4. The number of fused-ring (bicyclic) bond motifs is 1. The molecule has 0 amide bonds. The highest BCUT2D eigenvalue weighted by Gasteiger charge is 2.45. The van der Waals surface area contributed by atoms with Crippen molar-refractivity contribution in [3.8, 4) is 0 Å². The Bertz CT molecular complexity index is 2200. The molecule has 0 aromatic heterocycles. The number of allylic oxidation sites excluding steroid dienone is 10. The van der Waals surface area contributed by atoms with Crippen molar-refractivity contribution in [2.45, 2.75) is 569 Å². The Hall–Kier alpha value is -1.54. The van der Waals surface area contributed by atoms with Crippen LogP contribution in [0.3, 0.4) is 0 Å². The van der Waals surface area contributed by atoms with Crippen LogP contribution in [0.15, 0.2) is 59.8 Å². The van der Waals surface area contributed by atoms with Crippen LogP contribution in [-0.2, 0) is 0 Å². The lowest BCUT2D eigenvalue weighted by Gasteiger charge is -2.49. The van der Waals surface area contributed by atoms with Gasteiger partial charge >= 0.3 is 0 Å². The number of unbranched alkanes of at least 4 members (excludes halogenated alkanes) is 57. The second-order valence-electron chi connectivity index (χ2n) is 40.2. The quantitative estimate of drug-likeness (QED) is 0.0263. The largest absolute Gasteiger partial charge is 0.330 e. The summed E-state index contributed by atoms with van der Waals surface area (Å²) in [6.45, 7) is 21.6. The molecule has 6 nitrogen and oxygen atoms in total. The molecule has 12 N–H and O–H groups in total. The van der Waals surface area contributed by atoms with E-state index < -0.39 is 0 Å². The lowest BCUT2D eigenvalue weighted by Crippen LogP contribution is -2.41. The van der Waals surface area contributed by atoms with Crippen molar-refractivity contribution >= 4 is 0 Å². The third-order valence-electron chi connectivity index (χ3n) is 29.4. The summed E-state index contributed by atoms with van der Waals surface area (Å²) in [6.07, 6.45) is 134. The third kappa shape index (κ3) is 66.5. The average molecular weight is 1690 g/mol. The molecule has 3 rings (SSSR count). The van der Waals surface area contributed by atoms with E-state index in [2.05, 4.69) is 97.1 Å². The maximum atomic E-state index is 5.75. The first kappa shape index (κ1) is 117. The fourth-order valence-electron chi connectivity index (χ4n) is 21.8. The Balaban J connectivity index is 0.000000909. The Morgan fingerprint density at radius 1 is 0.264 bits per heavy atom. The summed E-state index contributed by atoms with van der Waals surface area (Å²) in [5.41, 5.74) is 37.9. The van der Waals surface area contributed by atoms with Gasteiger partial charge in [-0.1, -0.05) is 481 Å². The van der Waals surface area contributed by atoms with E-state index in [-0.39, 0.29) is 0 Å². The number of hydrogen-bond donors (Lipinski definition) is 6. The monoisotopic (exact) mass is 1690 g/mol. The Labute approximate surface area is 762 Å². The normalized spacial score (nSPS) is 20.0. The van der Waals surface area contributed by atoms with E-state index in [0.717, 1.165) is 104 Å². The lowest BCUT2D eigenvalue weighted by molar-refractivity contribution is 0.108.